The van der Waals surface area contributed by atoms with Crippen LogP contribution in [0.1, 0.15) is 20.4 Å². The van der Waals surface area contributed by atoms with Crippen LogP contribution in [0.15, 0.2) is 54.9 Å². The highest BCUT2D eigenvalue weighted by Gasteiger charge is 2.12. The van der Waals surface area contributed by atoms with Crippen molar-refractivity contribution in [3.63, 3.8) is 0 Å². The van der Waals surface area contributed by atoms with E-state index in [-0.39, 0.29) is 2.85 Å². The fraction of sp³-hybridized carbons (Fsp3) is 0.158. The summed E-state index contributed by atoms with van der Waals surface area (Å²) >= 11 is 0. The Labute approximate surface area is 160 Å². The molecule has 0 saturated heterocycles. The van der Waals surface area contributed by atoms with Crippen LogP contribution in [-0.4, -0.2) is 29.3 Å². The topological polar surface area (TPSA) is 88.4 Å². The van der Waals surface area contributed by atoms with Gasteiger partial charge in [-0.2, -0.15) is 5.10 Å². The van der Waals surface area contributed by atoms with E-state index in [4.69, 9.17) is 0 Å². The van der Waals surface area contributed by atoms with Crippen molar-refractivity contribution in [1.29, 1.82) is 0 Å². The Bertz CT molecular complexity index is 1200. The number of anilines is 3. The lowest BCUT2D eigenvalue weighted by molar-refractivity contribution is 0.607. The monoisotopic (exact) mass is 385 g/mol. The lowest BCUT2D eigenvalue weighted by Gasteiger charge is -2.11. The molecule has 2 heterocycles. The van der Waals surface area contributed by atoms with Gasteiger partial charge in [0.1, 0.15) is 5.82 Å². The number of allylic oxidation sites excluding steroid dienone is 4. The maximum atomic E-state index is 11.5. The van der Waals surface area contributed by atoms with Gasteiger partial charge in [-0.05, 0) is 42.7 Å². The Morgan fingerprint density at radius 2 is 2.11 bits per heavy atom. The summed E-state index contributed by atoms with van der Waals surface area (Å²) in [5.41, 5.74) is 5.09. The Morgan fingerprint density at radius 1 is 1.26 bits per heavy atom. The molecule has 0 fully saturated rings. The summed E-state index contributed by atoms with van der Waals surface area (Å²) in [6.45, 7) is 1.85. The van der Waals surface area contributed by atoms with Crippen LogP contribution >= 0.6 is 0 Å². The summed E-state index contributed by atoms with van der Waals surface area (Å²) in [6.07, 6.45) is 11.9. The van der Waals surface area contributed by atoms with Crippen molar-refractivity contribution in [3.05, 3.63) is 66.0 Å². The summed E-state index contributed by atoms with van der Waals surface area (Å²) in [6, 6.07) is 7.32. The number of hydrogen-bond donors (Lipinski definition) is 2. The molecular weight excluding hydrogens is 362 g/mol. The maximum Gasteiger partial charge on any atom is 0.229 e. The van der Waals surface area contributed by atoms with Gasteiger partial charge in [0, 0.05) is 20.3 Å². The second kappa shape index (κ2) is 6.55. The summed E-state index contributed by atoms with van der Waals surface area (Å²) in [5.74, 6) is 0.657. The fourth-order valence-corrected chi connectivity index (χ4v) is 3.59. The number of nitrogens with one attached hydrogen (secondary N) is 2. The van der Waals surface area contributed by atoms with E-state index >= 15 is 0 Å². The van der Waals surface area contributed by atoms with Gasteiger partial charge in [-0.1, -0.05) is 24.3 Å². The highest BCUT2D eigenvalue weighted by Crippen LogP contribution is 2.28. The highest BCUT2D eigenvalue weighted by atomic mass is 32.2. The molecule has 1 aliphatic rings. The molecule has 4 rings (SSSR count). The van der Waals surface area contributed by atoms with Crippen molar-refractivity contribution in [2.75, 3.05) is 16.3 Å². The first-order valence-electron chi connectivity index (χ1n) is 8.45. The molecule has 0 amide bonds. The first-order chi connectivity index (χ1) is 12.9. The number of aromatic nitrogens is 3. The fourth-order valence-electron chi connectivity index (χ4n) is 2.97. The van der Waals surface area contributed by atoms with E-state index in [0.717, 1.165) is 35.1 Å². The van der Waals surface area contributed by atoms with Gasteiger partial charge in [-0.15, -0.1) is 0 Å². The summed E-state index contributed by atoms with van der Waals surface area (Å²) in [4.78, 5) is 4.68. The molecule has 2 aromatic heterocycles. The molecule has 0 saturated carbocycles. The van der Waals surface area contributed by atoms with Crippen LogP contribution in [0.5, 0.6) is 0 Å². The zero-order chi connectivity index (χ0) is 19.0. The molecule has 1 aromatic carbocycles. The van der Waals surface area contributed by atoms with Crippen molar-refractivity contribution in [2.24, 2.45) is 0 Å². The zero-order valence-corrected chi connectivity index (χ0v) is 15.8. The van der Waals surface area contributed by atoms with Gasteiger partial charge >= 0.3 is 0 Å². The predicted molar refractivity (Wildman–Crippen MR) is 112 cm³/mol. The number of benzene rings is 1. The molecule has 7 nitrogen and oxygen atoms in total. The number of hydrogen-bond acceptors (Lipinski definition) is 5. The Kier molecular flexibility index (Phi) is 4.19. The third kappa shape index (κ3) is 3.70. The first kappa shape index (κ1) is 17.3. The molecule has 27 heavy (non-hydrogen) atoms. The summed E-state index contributed by atoms with van der Waals surface area (Å²) in [5, 5.41) is 7.59. The van der Waals surface area contributed by atoms with E-state index < -0.39 is 10.0 Å². The number of nitrogens with zero attached hydrogens (tertiary/aromatic N) is 3. The van der Waals surface area contributed by atoms with Crippen LogP contribution in [0.4, 0.5) is 17.2 Å². The van der Waals surface area contributed by atoms with Gasteiger partial charge in [0.2, 0.25) is 10.0 Å². The molecule has 8 heteroatoms. The first-order valence-corrected chi connectivity index (χ1v) is 10.3. The molecule has 0 atom stereocenters. The Balaban J connectivity index is 0.00000150. The molecule has 0 unspecified atom stereocenters. The average Bonchev–Trinajstić information content (AvgIpc) is 3.25. The van der Waals surface area contributed by atoms with Crippen molar-refractivity contribution in [3.8, 4) is 0 Å². The van der Waals surface area contributed by atoms with Gasteiger partial charge in [-0.25, -0.2) is 17.9 Å². The molecule has 0 radical (unpaired) electrons. The molecule has 2 N–H and O–H groups in total. The quantitative estimate of drug-likeness (QED) is 0.693. The molecule has 0 spiro atoms. The molecule has 3 aromatic rings. The standard InChI is InChI=1S/C19H19N5O2S.2H2/c1-13-7-8-15(11-17(13)23-27(2,25)26)21-18-9-10-24-19(22-18)16(12-20-24)14-5-3-4-6-14;;/h3-5,7-12,23H,6H2,1-2H3,(H,21,22);2*1H. The summed E-state index contributed by atoms with van der Waals surface area (Å²) in [7, 11) is -3.34. The number of aryl methyl sites for hydroxylation is 1. The normalized spacial score (nSPS) is 13.8. The van der Waals surface area contributed by atoms with Gasteiger partial charge in [0.05, 0.1) is 18.1 Å². The third-order valence-electron chi connectivity index (χ3n) is 4.29. The molecule has 0 bridgehead atoms. The second-order valence-corrected chi connectivity index (χ2v) is 8.24. The Morgan fingerprint density at radius 3 is 2.85 bits per heavy atom. The van der Waals surface area contributed by atoms with Crippen LogP contribution in [0.3, 0.4) is 0 Å². The maximum absolute atomic E-state index is 11.5. The number of fused-ring (bicyclic) bond motifs is 1. The highest BCUT2D eigenvalue weighted by molar-refractivity contribution is 7.92. The van der Waals surface area contributed by atoms with Crippen LogP contribution in [0.2, 0.25) is 0 Å². The van der Waals surface area contributed by atoms with E-state index in [9.17, 15) is 8.42 Å². The average molecular weight is 385 g/mol. The minimum absolute atomic E-state index is 0. The number of rotatable bonds is 5. The van der Waals surface area contributed by atoms with Crippen molar-refractivity contribution in [1.82, 2.24) is 14.6 Å². The molecule has 1 aliphatic carbocycles. The smallest absolute Gasteiger partial charge is 0.229 e. The van der Waals surface area contributed by atoms with E-state index in [0.29, 0.717) is 11.5 Å². The molecule has 142 valence electrons. The van der Waals surface area contributed by atoms with Crippen molar-refractivity contribution < 1.29 is 11.3 Å². The molecular formula is C19H23N5O2S. The van der Waals surface area contributed by atoms with Gasteiger partial charge in [-0.3, -0.25) is 4.72 Å². The predicted octanol–water partition coefficient (Wildman–Crippen LogP) is 3.99. The van der Waals surface area contributed by atoms with E-state index in [1.165, 1.54) is 5.57 Å². The van der Waals surface area contributed by atoms with Crippen LogP contribution in [0, 0.1) is 6.92 Å². The molecule has 0 aliphatic heterocycles. The van der Waals surface area contributed by atoms with Crippen molar-refractivity contribution >= 4 is 38.4 Å². The number of sulfonamides is 1. The van der Waals surface area contributed by atoms with Crippen LogP contribution in [-0.2, 0) is 10.0 Å². The van der Waals surface area contributed by atoms with E-state index in [2.05, 4.69) is 32.3 Å². The van der Waals surface area contributed by atoms with E-state index in [1.54, 1.807) is 10.6 Å². The van der Waals surface area contributed by atoms with Gasteiger partial charge < -0.3 is 5.32 Å². The third-order valence-corrected chi connectivity index (χ3v) is 4.88. The lowest BCUT2D eigenvalue weighted by Crippen LogP contribution is -2.10. The van der Waals surface area contributed by atoms with Gasteiger partial charge in [0.15, 0.2) is 5.65 Å². The van der Waals surface area contributed by atoms with Crippen LogP contribution in [0.25, 0.3) is 11.2 Å². The minimum atomic E-state index is -3.34. The largest absolute Gasteiger partial charge is 0.340 e. The lowest BCUT2D eigenvalue weighted by atomic mass is 10.1. The zero-order valence-electron chi connectivity index (χ0n) is 15.0. The van der Waals surface area contributed by atoms with Crippen molar-refractivity contribution in [2.45, 2.75) is 13.3 Å². The van der Waals surface area contributed by atoms with E-state index in [1.807, 2.05) is 43.6 Å². The van der Waals surface area contributed by atoms with Gasteiger partial charge in [0.25, 0.3) is 0 Å². The SMILES string of the molecule is Cc1ccc(Nc2ccn3ncc(C4=CC=CC4)c3n2)cc1NS(C)(=O)=O.[HH].[HH]. The van der Waals surface area contributed by atoms with Crippen LogP contribution < -0.4 is 10.0 Å². The minimum Gasteiger partial charge on any atom is -0.340 e. The Hall–Kier alpha value is -3.13. The second-order valence-electron chi connectivity index (χ2n) is 6.49. The summed E-state index contributed by atoms with van der Waals surface area (Å²) < 4.78 is 27.3.